The molecule has 0 saturated heterocycles. The molecule has 13 heavy (non-hydrogen) atoms. The van der Waals surface area contributed by atoms with Crippen LogP contribution in [0, 0.1) is 17.8 Å². The van der Waals surface area contributed by atoms with Crippen molar-refractivity contribution in [1.82, 2.24) is 4.90 Å². The monoisotopic (exact) mass is 181 g/mol. The van der Waals surface area contributed by atoms with Crippen molar-refractivity contribution in [3.63, 3.8) is 0 Å². The van der Waals surface area contributed by atoms with Crippen molar-refractivity contribution in [3.05, 3.63) is 0 Å². The molecule has 0 saturated carbocycles. The van der Waals surface area contributed by atoms with Crippen LogP contribution in [0.25, 0.3) is 0 Å². The summed E-state index contributed by atoms with van der Waals surface area (Å²) in [7, 11) is 0. The summed E-state index contributed by atoms with van der Waals surface area (Å²) >= 11 is 0. The molecule has 0 aromatic rings. The molecule has 0 N–H and O–H groups in total. The van der Waals surface area contributed by atoms with Gasteiger partial charge in [0.2, 0.25) is 0 Å². The Kier molecular flexibility index (Phi) is 5.10. The van der Waals surface area contributed by atoms with Crippen LogP contribution in [0.4, 0.5) is 0 Å². The minimum atomic E-state index is 0.405. The average Bonchev–Trinajstić information content (AvgIpc) is 1.95. The molecule has 0 aromatic carbocycles. The van der Waals surface area contributed by atoms with E-state index in [-0.39, 0.29) is 0 Å². The summed E-state index contributed by atoms with van der Waals surface area (Å²) in [5, 5.41) is 0. The lowest BCUT2D eigenvalue weighted by atomic mass is 9.92. The molecule has 0 aromatic heterocycles. The molecule has 0 rings (SSSR count). The lowest BCUT2D eigenvalue weighted by Crippen LogP contribution is -2.33. The number of nitrogens with zero attached hydrogens (tertiary/aromatic N) is 1. The second kappa shape index (κ2) is 5.29. The Labute approximate surface area is 83.5 Å². The van der Waals surface area contributed by atoms with Crippen LogP contribution in [0.15, 0.2) is 0 Å². The van der Waals surface area contributed by atoms with E-state index in [1.165, 1.54) is 6.42 Å². The van der Waals surface area contributed by atoms with Crippen molar-refractivity contribution in [2.24, 2.45) is 5.41 Å². The van der Waals surface area contributed by atoms with Crippen molar-refractivity contribution in [2.75, 3.05) is 13.1 Å². The summed E-state index contributed by atoms with van der Waals surface area (Å²) in [4.78, 5) is 2.34. The Morgan fingerprint density at radius 1 is 1.31 bits per heavy atom. The quantitative estimate of drug-likeness (QED) is 0.603. The second-order valence-corrected chi connectivity index (χ2v) is 5.08. The third kappa shape index (κ3) is 6.66. The molecule has 0 amide bonds. The number of terminal acetylenes is 1. The first-order valence-electron chi connectivity index (χ1n) is 5.04. The van der Waals surface area contributed by atoms with Gasteiger partial charge in [-0.2, -0.15) is 0 Å². The predicted molar refractivity (Wildman–Crippen MR) is 59.6 cm³/mol. The molecule has 1 nitrogen and oxygen atoms in total. The highest BCUT2D eigenvalue weighted by Crippen LogP contribution is 2.19. The molecule has 0 bridgehead atoms. The molecule has 0 spiro atoms. The van der Waals surface area contributed by atoms with Gasteiger partial charge in [-0.25, -0.2) is 0 Å². The SMILES string of the molecule is C#CCN(CCC(C)(C)C)C(C)C. The zero-order valence-electron chi connectivity index (χ0n) is 9.72. The number of rotatable bonds is 4. The van der Waals surface area contributed by atoms with Gasteiger partial charge in [0.05, 0.1) is 6.54 Å². The molecule has 0 aliphatic heterocycles. The lowest BCUT2D eigenvalue weighted by molar-refractivity contribution is 0.210. The average molecular weight is 181 g/mol. The molecule has 0 aliphatic rings. The van der Waals surface area contributed by atoms with Crippen molar-refractivity contribution >= 4 is 0 Å². The van der Waals surface area contributed by atoms with Crippen molar-refractivity contribution in [1.29, 1.82) is 0 Å². The smallest absolute Gasteiger partial charge is 0.0601 e. The molecule has 1 heteroatoms. The second-order valence-electron chi connectivity index (χ2n) is 5.08. The van der Waals surface area contributed by atoms with E-state index in [1.54, 1.807) is 0 Å². The number of hydrogen-bond acceptors (Lipinski definition) is 1. The fourth-order valence-corrected chi connectivity index (χ4v) is 1.12. The highest BCUT2D eigenvalue weighted by Gasteiger charge is 2.14. The summed E-state index contributed by atoms with van der Waals surface area (Å²) < 4.78 is 0. The van der Waals surface area contributed by atoms with Gasteiger partial charge in [-0.15, -0.1) is 6.42 Å². The van der Waals surface area contributed by atoms with Gasteiger partial charge in [0, 0.05) is 6.04 Å². The molecule has 0 atom stereocenters. The van der Waals surface area contributed by atoms with Crippen LogP contribution in [-0.2, 0) is 0 Å². The van der Waals surface area contributed by atoms with Crippen LogP contribution in [0.3, 0.4) is 0 Å². The normalized spacial score (nSPS) is 12.2. The van der Waals surface area contributed by atoms with Crippen molar-refractivity contribution in [3.8, 4) is 12.3 Å². The fraction of sp³-hybridized carbons (Fsp3) is 0.833. The minimum absolute atomic E-state index is 0.405. The zero-order chi connectivity index (χ0) is 10.5. The van der Waals surface area contributed by atoms with Gasteiger partial charge in [0.15, 0.2) is 0 Å². The molecule has 0 unspecified atom stereocenters. The van der Waals surface area contributed by atoms with Gasteiger partial charge >= 0.3 is 0 Å². The standard InChI is InChI=1S/C12H23N/c1-7-9-13(11(2)3)10-8-12(4,5)6/h1,11H,8-10H2,2-6H3. The maximum Gasteiger partial charge on any atom is 0.0601 e. The topological polar surface area (TPSA) is 3.24 Å². The number of hydrogen-bond donors (Lipinski definition) is 0. The fourth-order valence-electron chi connectivity index (χ4n) is 1.12. The van der Waals surface area contributed by atoms with Crippen LogP contribution < -0.4 is 0 Å². The highest BCUT2D eigenvalue weighted by molar-refractivity contribution is 4.89. The van der Waals surface area contributed by atoms with Gasteiger partial charge < -0.3 is 0 Å². The predicted octanol–water partition coefficient (Wildman–Crippen LogP) is 2.77. The Balaban J connectivity index is 3.91. The molecule has 0 radical (unpaired) electrons. The molecule has 0 fully saturated rings. The Bertz CT molecular complexity index is 169. The van der Waals surface area contributed by atoms with Gasteiger partial charge in [0.1, 0.15) is 0 Å². The van der Waals surface area contributed by atoms with Gasteiger partial charge in [-0.05, 0) is 32.2 Å². The van der Waals surface area contributed by atoms with E-state index in [2.05, 4.69) is 45.4 Å². The first-order chi connectivity index (χ1) is 5.87. The summed E-state index contributed by atoms with van der Waals surface area (Å²) in [6.45, 7) is 13.1. The van der Waals surface area contributed by atoms with Crippen LogP contribution in [-0.4, -0.2) is 24.0 Å². The third-order valence-corrected chi connectivity index (χ3v) is 2.17. The van der Waals surface area contributed by atoms with Gasteiger partial charge in [-0.3, -0.25) is 4.90 Å². The van der Waals surface area contributed by atoms with E-state index < -0.39 is 0 Å². The van der Waals surface area contributed by atoms with Crippen LogP contribution in [0.1, 0.15) is 41.0 Å². The molecule has 76 valence electrons. The summed E-state index contributed by atoms with van der Waals surface area (Å²) in [5.41, 5.74) is 0.405. The zero-order valence-corrected chi connectivity index (χ0v) is 9.72. The molecule has 0 heterocycles. The van der Waals surface area contributed by atoms with Gasteiger partial charge in [-0.1, -0.05) is 26.7 Å². The van der Waals surface area contributed by atoms with E-state index in [1.807, 2.05) is 0 Å². The van der Waals surface area contributed by atoms with Crippen molar-refractivity contribution in [2.45, 2.75) is 47.1 Å². The summed E-state index contributed by atoms with van der Waals surface area (Å²) in [6.07, 6.45) is 6.52. The van der Waals surface area contributed by atoms with E-state index in [0.29, 0.717) is 11.5 Å². The first-order valence-corrected chi connectivity index (χ1v) is 5.04. The van der Waals surface area contributed by atoms with Crippen LogP contribution >= 0.6 is 0 Å². The lowest BCUT2D eigenvalue weighted by Gasteiger charge is -2.28. The van der Waals surface area contributed by atoms with Crippen LogP contribution in [0.2, 0.25) is 0 Å². The third-order valence-electron chi connectivity index (χ3n) is 2.17. The van der Waals surface area contributed by atoms with E-state index >= 15 is 0 Å². The van der Waals surface area contributed by atoms with E-state index in [9.17, 15) is 0 Å². The summed E-state index contributed by atoms with van der Waals surface area (Å²) in [6, 6.07) is 0.554. The summed E-state index contributed by atoms with van der Waals surface area (Å²) in [5.74, 6) is 2.71. The maximum absolute atomic E-state index is 5.31. The minimum Gasteiger partial charge on any atom is -0.290 e. The Hall–Kier alpha value is -0.480. The van der Waals surface area contributed by atoms with Gasteiger partial charge in [0.25, 0.3) is 0 Å². The Morgan fingerprint density at radius 2 is 1.85 bits per heavy atom. The van der Waals surface area contributed by atoms with Crippen LogP contribution in [0.5, 0.6) is 0 Å². The van der Waals surface area contributed by atoms with E-state index in [0.717, 1.165) is 13.1 Å². The van der Waals surface area contributed by atoms with E-state index in [4.69, 9.17) is 6.42 Å². The highest BCUT2D eigenvalue weighted by atomic mass is 15.1. The first kappa shape index (κ1) is 12.5. The molecular formula is C12H23N. The maximum atomic E-state index is 5.31. The molecular weight excluding hydrogens is 158 g/mol. The largest absolute Gasteiger partial charge is 0.290 e. The molecule has 0 aliphatic carbocycles. The Morgan fingerprint density at radius 3 is 2.15 bits per heavy atom. The van der Waals surface area contributed by atoms with Crippen molar-refractivity contribution < 1.29 is 0 Å².